The van der Waals surface area contributed by atoms with Crippen LogP contribution in [0.25, 0.3) is 11.1 Å². The second-order valence-electron chi connectivity index (χ2n) is 7.77. The van der Waals surface area contributed by atoms with Gasteiger partial charge in [0, 0.05) is 18.3 Å². The second-order valence-corrected chi connectivity index (χ2v) is 7.77. The van der Waals surface area contributed by atoms with Gasteiger partial charge in [-0.25, -0.2) is 4.79 Å². The van der Waals surface area contributed by atoms with Crippen molar-refractivity contribution in [2.45, 2.75) is 37.1 Å². The van der Waals surface area contributed by atoms with Gasteiger partial charge in [-0.3, -0.25) is 4.68 Å². The first-order chi connectivity index (χ1) is 15.2. The molecule has 0 spiro atoms. The first-order valence-electron chi connectivity index (χ1n) is 10.3. The predicted octanol–water partition coefficient (Wildman–Crippen LogP) is 2.08. The van der Waals surface area contributed by atoms with Crippen molar-refractivity contribution in [3.63, 3.8) is 0 Å². The summed E-state index contributed by atoms with van der Waals surface area (Å²) in [6.07, 6.45) is 1.66. The molecule has 1 aromatic heterocycles. The number of rotatable bonds is 5. The molecule has 0 radical (unpaired) electrons. The number of benzene rings is 2. The van der Waals surface area contributed by atoms with Gasteiger partial charge in [-0.05, 0) is 11.1 Å². The summed E-state index contributed by atoms with van der Waals surface area (Å²) in [5.41, 5.74) is 2.95. The molecule has 2 saturated heterocycles. The van der Waals surface area contributed by atoms with E-state index < -0.39 is 30.6 Å². The minimum absolute atomic E-state index is 0.300. The number of nitrogens with zero attached hydrogens (tertiary/aromatic N) is 2. The molecule has 2 amide bonds. The summed E-state index contributed by atoms with van der Waals surface area (Å²) in [5, 5.41) is 21.2. The summed E-state index contributed by atoms with van der Waals surface area (Å²) in [7, 11) is 0. The van der Waals surface area contributed by atoms with E-state index in [-0.39, 0.29) is 6.03 Å². The molecule has 8 nitrogen and oxygen atoms in total. The Bertz CT molecular complexity index is 1030. The lowest BCUT2D eigenvalue weighted by Crippen LogP contribution is -2.60. The average Bonchev–Trinajstić information content (AvgIpc) is 3.46. The van der Waals surface area contributed by atoms with E-state index in [0.717, 1.165) is 16.7 Å². The Morgan fingerprint density at radius 1 is 1.10 bits per heavy atom. The molecule has 8 heteroatoms. The highest BCUT2D eigenvalue weighted by atomic mass is 16.7. The van der Waals surface area contributed by atoms with Crippen LogP contribution in [0.5, 0.6) is 0 Å². The molecule has 3 aromatic rings. The number of hydrogen-bond donors (Lipinski definition) is 3. The average molecular weight is 420 g/mol. The normalized spacial score (nSPS) is 27.1. The molecule has 3 N–H and O–H groups in total. The van der Waals surface area contributed by atoms with Crippen molar-refractivity contribution in [1.29, 1.82) is 0 Å². The fourth-order valence-corrected chi connectivity index (χ4v) is 4.12. The topological polar surface area (TPSA) is 97.6 Å². The number of aliphatic hydroxyl groups excluding tert-OH is 1. The fraction of sp³-hybridized carbons (Fsp3) is 0.304. The molecule has 2 aliphatic rings. The van der Waals surface area contributed by atoms with Gasteiger partial charge < -0.3 is 25.2 Å². The Hall–Kier alpha value is -3.20. The molecule has 2 fully saturated rings. The van der Waals surface area contributed by atoms with Gasteiger partial charge in [0.25, 0.3) is 0 Å². The van der Waals surface area contributed by atoms with Crippen LogP contribution < -0.4 is 10.6 Å². The lowest BCUT2D eigenvalue weighted by Gasteiger charge is -2.38. The van der Waals surface area contributed by atoms with Crippen LogP contribution in [-0.4, -0.2) is 52.1 Å². The molecule has 3 heterocycles. The molecule has 0 aliphatic carbocycles. The van der Waals surface area contributed by atoms with E-state index in [1.807, 2.05) is 66.9 Å². The number of carbonyl (C=O) groups excluding carboxylic acids is 1. The van der Waals surface area contributed by atoms with Gasteiger partial charge >= 0.3 is 6.03 Å². The molecular formula is C23H24N4O4. The van der Waals surface area contributed by atoms with Gasteiger partial charge in [0.2, 0.25) is 0 Å². The number of ether oxygens (including phenoxy) is 2. The maximum atomic E-state index is 12.5. The third-order valence-corrected chi connectivity index (χ3v) is 5.74. The van der Waals surface area contributed by atoms with Crippen LogP contribution in [0.15, 0.2) is 73.1 Å². The van der Waals surface area contributed by atoms with E-state index in [4.69, 9.17) is 9.47 Å². The maximum Gasteiger partial charge on any atom is 0.315 e. The zero-order valence-corrected chi connectivity index (χ0v) is 16.8. The van der Waals surface area contributed by atoms with Crippen LogP contribution in [0.4, 0.5) is 4.79 Å². The monoisotopic (exact) mass is 420 g/mol. The van der Waals surface area contributed by atoms with Crippen molar-refractivity contribution in [2.75, 3.05) is 6.61 Å². The van der Waals surface area contributed by atoms with E-state index in [0.29, 0.717) is 13.2 Å². The highest BCUT2D eigenvalue weighted by Crippen LogP contribution is 2.36. The Kier molecular flexibility index (Phi) is 5.42. The number of nitrogens with one attached hydrogen (secondary N) is 2. The predicted molar refractivity (Wildman–Crippen MR) is 113 cm³/mol. The van der Waals surface area contributed by atoms with E-state index in [2.05, 4.69) is 15.7 Å². The van der Waals surface area contributed by atoms with Gasteiger partial charge in [0.1, 0.15) is 18.2 Å². The summed E-state index contributed by atoms with van der Waals surface area (Å²) in [6, 6.07) is 18.0. The summed E-state index contributed by atoms with van der Waals surface area (Å²) >= 11 is 0. The first kappa shape index (κ1) is 19.7. The lowest BCUT2D eigenvalue weighted by molar-refractivity contribution is -0.166. The first-order valence-corrected chi connectivity index (χ1v) is 10.3. The zero-order chi connectivity index (χ0) is 21.2. The van der Waals surface area contributed by atoms with Crippen molar-refractivity contribution in [2.24, 2.45) is 0 Å². The Labute approximate surface area is 179 Å². The van der Waals surface area contributed by atoms with Crippen LogP contribution in [-0.2, 0) is 16.0 Å². The number of hydrogen-bond acceptors (Lipinski definition) is 5. The van der Waals surface area contributed by atoms with E-state index >= 15 is 0 Å². The summed E-state index contributed by atoms with van der Waals surface area (Å²) in [6.45, 7) is 0.692. The molecule has 2 aromatic carbocycles. The van der Waals surface area contributed by atoms with Crippen molar-refractivity contribution < 1.29 is 19.4 Å². The largest absolute Gasteiger partial charge is 0.388 e. The van der Waals surface area contributed by atoms with Crippen LogP contribution in [0.3, 0.4) is 0 Å². The van der Waals surface area contributed by atoms with Gasteiger partial charge in [-0.1, -0.05) is 60.7 Å². The quantitative estimate of drug-likeness (QED) is 0.587. The standard InChI is InChI=1S/C23H24N4O4/c28-21-19(26-23(29)24-11-15-7-3-1-4-8-15)18-14-30-22(31-18)20(21)27-13-17(12-25-27)16-9-5-2-6-10-16/h1-10,12-13,18-22,28H,11,14H2,(H2,24,26,29)/t18-,19-,20-,21+,22-/m1/s1. The molecular weight excluding hydrogens is 396 g/mol. The molecule has 2 aliphatic heterocycles. The maximum absolute atomic E-state index is 12.5. The highest BCUT2D eigenvalue weighted by Gasteiger charge is 2.51. The molecule has 2 bridgehead atoms. The van der Waals surface area contributed by atoms with Crippen molar-refractivity contribution in [3.8, 4) is 11.1 Å². The summed E-state index contributed by atoms with van der Waals surface area (Å²) < 4.78 is 13.4. The van der Waals surface area contributed by atoms with E-state index in [1.165, 1.54) is 0 Å². The Balaban J connectivity index is 1.29. The zero-order valence-electron chi connectivity index (χ0n) is 16.8. The fourth-order valence-electron chi connectivity index (χ4n) is 4.12. The van der Waals surface area contributed by atoms with Crippen LogP contribution in [0.1, 0.15) is 11.6 Å². The van der Waals surface area contributed by atoms with Gasteiger partial charge in [0.15, 0.2) is 6.29 Å². The Morgan fingerprint density at radius 3 is 2.61 bits per heavy atom. The molecule has 0 unspecified atom stereocenters. The van der Waals surface area contributed by atoms with E-state index in [1.54, 1.807) is 10.9 Å². The number of fused-ring (bicyclic) bond motifs is 2. The van der Waals surface area contributed by atoms with Crippen LogP contribution in [0.2, 0.25) is 0 Å². The van der Waals surface area contributed by atoms with Crippen LogP contribution in [0, 0.1) is 0 Å². The number of aromatic nitrogens is 2. The number of aliphatic hydroxyl groups is 1. The van der Waals surface area contributed by atoms with Crippen molar-refractivity contribution in [1.82, 2.24) is 20.4 Å². The number of carbonyl (C=O) groups is 1. The second kappa shape index (κ2) is 8.50. The summed E-state index contributed by atoms with van der Waals surface area (Å²) in [4.78, 5) is 12.5. The molecule has 31 heavy (non-hydrogen) atoms. The lowest BCUT2D eigenvalue weighted by atomic mass is 9.96. The van der Waals surface area contributed by atoms with Crippen molar-refractivity contribution in [3.05, 3.63) is 78.6 Å². The molecule has 0 saturated carbocycles. The molecule has 160 valence electrons. The summed E-state index contributed by atoms with van der Waals surface area (Å²) in [5.74, 6) is 0. The Morgan fingerprint density at radius 2 is 1.84 bits per heavy atom. The molecule has 5 rings (SSSR count). The third kappa shape index (κ3) is 4.05. The van der Waals surface area contributed by atoms with Crippen molar-refractivity contribution >= 4 is 6.03 Å². The molecule has 5 atom stereocenters. The van der Waals surface area contributed by atoms with Gasteiger partial charge in [0.05, 0.1) is 18.8 Å². The SMILES string of the molecule is O=C(NCc1ccccc1)N[C@H]1[C@H](O)[C@@H](n2cc(-c3ccccc3)cn2)[C@@H]2OC[C@H]1O2. The highest BCUT2D eigenvalue weighted by molar-refractivity contribution is 5.74. The van der Waals surface area contributed by atoms with E-state index in [9.17, 15) is 9.90 Å². The number of urea groups is 1. The van der Waals surface area contributed by atoms with Crippen LogP contribution >= 0.6 is 0 Å². The minimum atomic E-state index is -0.919. The van der Waals surface area contributed by atoms with Gasteiger partial charge in [-0.15, -0.1) is 0 Å². The minimum Gasteiger partial charge on any atom is -0.388 e. The number of amides is 2. The smallest absolute Gasteiger partial charge is 0.315 e. The van der Waals surface area contributed by atoms with Gasteiger partial charge in [-0.2, -0.15) is 5.10 Å². The third-order valence-electron chi connectivity index (χ3n) is 5.74.